The Hall–Kier alpha value is -2.00. The normalized spacial score (nSPS) is 10.9. The summed E-state index contributed by atoms with van der Waals surface area (Å²) in [4.78, 5) is 0. The molecule has 3 heteroatoms. The number of rotatable bonds is 16. The quantitative estimate of drug-likeness (QED) is 0.239. The third-order valence-electron chi connectivity index (χ3n) is 5.19. The Morgan fingerprint density at radius 2 is 1.07 bits per heavy atom. The number of anilines is 1. The zero-order valence-corrected chi connectivity index (χ0v) is 18.2. The molecule has 0 aliphatic heterocycles. The minimum atomic E-state index is 0.787. The first kappa shape index (κ1) is 23.3. The zero-order valence-electron chi connectivity index (χ0n) is 18.2. The van der Waals surface area contributed by atoms with Crippen LogP contribution in [0.2, 0.25) is 0 Å². The summed E-state index contributed by atoms with van der Waals surface area (Å²) < 4.78 is 11.6. The van der Waals surface area contributed by atoms with Gasteiger partial charge in [0.1, 0.15) is 5.75 Å². The molecule has 2 rings (SSSR count). The van der Waals surface area contributed by atoms with E-state index in [1.807, 2.05) is 36.4 Å². The average Bonchev–Trinajstić information content (AvgIpc) is 2.75. The topological polar surface area (TPSA) is 44.5 Å². The molecule has 2 aromatic rings. The van der Waals surface area contributed by atoms with E-state index in [9.17, 15) is 0 Å². The Kier molecular flexibility index (Phi) is 12.0. The van der Waals surface area contributed by atoms with Gasteiger partial charge in [-0.05, 0) is 54.7 Å². The summed E-state index contributed by atoms with van der Waals surface area (Å²) >= 11 is 0. The maximum absolute atomic E-state index is 5.87. The summed E-state index contributed by atoms with van der Waals surface area (Å²) in [5.41, 5.74) is 8.89. The van der Waals surface area contributed by atoms with Crippen molar-refractivity contribution in [1.29, 1.82) is 0 Å². The highest BCUT2D eigenvalue weighted by molar-refractivity contribution is 5.66. The molecule has 0 radical (unpaired) electrons. The average molecular weight is 398 g/mol. The standard InChI is InChI=1S/C26H39NO2/c1-2-3-4-6-9-20-28-21-10-7-5-8-11-22-29-26-18-14-24(15-19-26)23-12-16-25(27)17-13-23/h12-19H,2-11,20-22,27H2,1H3. The van der Waals surface area contributed by atoms with Crippen molar-refractivity contribution in [3.05, 3.63) is 48.5 Å². The van der Waals surface area contributed by atoms with Gasteiger partial charge in [0.25, 0.3) is 0 Å². The minimum Gasteiger partial charge on any atom is -0.494 e. The number of unbranched alkanes of at least 4 members (excludes halogenated alkanes) is 8. The maximum atomic E-state index is 5.87. The van der Waals surface area contributed by atoms with E-state index in [4.69, 9.17) is 15.2 Å². The molecule has 2 aromatic carbocycles. The molecule has 0 amide bonds. The van der Waals surface area contributed by atoms with Gasteiger partial charge in [-0.3, -0.25) is 0 Å². The molecule has 0 bridgehead atoms. The van der Waals surface area contributed by atoms with Gasteiger partial charge in [-0.1, -0.05) is 76.1 Å². The Balaban J connectivity index is 1.44. The highest BCUT2D eigenvalue weighted by Gasteiger charge is 1.99. The van der Waals surface area contributed by atoms with Crippen LogP contribution in [-0.2, 0) is 4.74 Å². The molecule has 0 fully saturated rings. The van der Waals surface area contributed by atoms with Crippen LogP contribution < -0.4 is 10.5 Å². The Bertz CT molecular complexity index is 637. The van der Waals surface area contributed by atoms with E-state index in [1.165, 1.54) is 68.9 Å². The molecule has 0 saturated heterocycles. The summed E-state index contributed by atoms with van der Waals surface area (Å²) in [6, 6.07) is 16.3. The van der Waals surface area contributed by atoms with E-state index in [-0.39, 0.29) is 0 Å². The first-order valence-electron chi connectivity index (χ1n) is 11.5. The van der Waals surface area contributed by atoms with Crippen LogP contribution in [0.15, 0.2) is 48.5 Å². The number of benzene rings is 2. The van der Waals surface area contributed by atoms with E-state index >= 15 is 0 Å². The number of hydrogen-bond donors (Lipinski definition) is 1. The largest absolute Gasteiger partial charge is 0.494 e. The molecule has 0 heterocycles. The molecule has 0 aliphatic carbocycles. The lowest BCUT2D eigenvalue weighted by Gasteiger charge is -2.08. The van der Waals surface area contributed by atoms with Crippen LogP contribution in [0.4, 0.5) is 5.69 Å². The molecule has 0 spiro atoms. The predicted octanol–water partition coefficient (Wildman–Crippen LogP) is 7.25. The molecular formula is C26H39NO2. The van der Waals surface area contributed by atoms with Crippen molar-refractivity contribution in [3.63, 3.8) is 0 Å². The second-order valence-corrected chi connectivity index (χ2v) is 7.79. The van der Waals surface area contributed by atoms with Crippen molar-refractivity contribution in [1.82, 2.24) is 0 Å². The van der Waals surface area contributed by atoms with Gasteiger partial charge in [0.15, 0.2) is 0 Å². The van der Waals surface area contributed by atoms with Gasteiger partial charge in [-0.25, -0.2) is 0 Å². The van der Waals surface area contributed by atoms with E-state index in [1.54, 1.807) is 0 Å². The molecule has 2 N–H and O–H groups in total. The van der Waals surface area contributed by atoms with E-state index in [0.717, 1.165) is 37.7 Å². The number of nitrogen functional groups attached to an aromatic ring is 1. The van der Waals surface area contributed by atoms with Crippen LogP contribution in [0.25, 0.3) is 11.1 Å². The summed E-state index contributed by atoms with van der Waals surface area (Å²) in [7, 11) is 0. The van der Waals surface area contributed by atoms with Crippen molar-refractivity contribution in [2.75, 3.05) is 25.6 Å². The molecule has 0 aromatic heterocycles. The Morgan fingerprint density at radius 3 is 1.66 bits per heavy atom. The van der Waals surface area contributed by atoms with Crippen LogP contribution in [-0.4, -0.2) is 19.8 Å². The fourth-order valence-electron chi connectivity index (χ4n) is 3.36. The van der Waals surface area contributed by atoms with Gasteiger partial charge in [-0.15, -0.1) is 0 Å². The van der Waals surface area contributed by atoms with Crippen LogP contribution in [0.3, 0.4) is 0 Å². The second kappa shape index (κ2) is 14.9. The molecule has 29 heavy (non-hydrogen) atoms. The number of nitrogens with two attached hydrogens (primary N) is 1. The minimum absolute atomic E-state index is 0.787. The van der Waals surface area contributed by atoms with E-state index in [2.05, 4.69) is 19.1 Å². The van der Waals surface area contributed by atoms with E-state index < -0.39 is 0 Å². The van der Waals surface area contributed by atoms with Gasteiger partial charge in [-0.2, -0.15) is 0 Å². The second-order valence-electron chi connectivity index (χ2n) is 7.79. The first-order valence-corrected chi connectivity index (χ1v) is 11.5. The third-order valence-corrected chi connectivity index (χ3v) is 5.19. The summed E-state index contributed by atoms with van der Waals surface area (Å²) in [5.74, 6) is 0.941. The fourth-order valence-corrected chi connectivity index (χ4v) is 3.36. The van der Waals surface area contributed by atoms with Gasteiger partial charge in [0, 0.05) is 18.9 Å². The molecule has 3 nitrogen and oxygen atoms in total. The van der Waals surface area contributed by atoms with Crippen molar-refractivity contribution < 1.29 is 9.47 Å². The molecule has 0 atom stereocenters. The molecule has 0 saturated carbocycles. The summed E-state index contributed by atoms with van der Waals surface area (Å²) in [5, 5.41) is 0. The van der Waals surface area contributed by atoms with Crippen LogP contribution >= 0.6 is 0 Å². The lowest BCUT2D eigenvalue weighted by atomic mass is 10.1. The molecular weight excluding hydrogens is 358 g/mol. The van der Waals surface area contributed by atoms with Crippen molar-refractivity contribution in [2.45, 2.75) is 71.1 Å². The van der Waals surface area contributed by atoms with Gasteiger partial charge < -0.3 is 15.2 Å². The highest BCUT2D eigenvalue weighted by atomic mass is 16.5. The van der Waals surface area contributed by atoms with Crippen LogP contribution in [0, 0.1) is 0 Å². The smallest absolute Gasteiger partial charge is 0.119 e. The maximum Gasteiger partial charge on any atom is 0.119 e. The monoisotopic (exact) mass is 397 g/mol. The van der Waals surface area contributed by atoms with Crippen molar-refractivity contribution >= 4 is 5.69 Å². The van der Waals surface area contributed by atoms with Crippen LogP contribution in [0.5, 0.6) is 5.75 Å². The SMILES string of the molecule is CCCCCCCOCCCCCCCOc1ccc(-c2ccc(N)cc2)cc1. The van der Waals surface area contributed by atoms with Crippen LogP contribution in [0.1, 0.15) is 71.1 Å². The number of hydrogen-bond acceptors (Lipinski definition) is 3. The predicted molar refractivity (Wildman–Crippen MR) is 124 cm³/mol. The number of ether oxygens (including phenoxy) is 2. The lowest BCUT2D eigenvalue weighted by molar-refractivity contribution is 0.125. The van der Waals surface area contributed by atoms with Gasteiger partial charge in [0.2, 0.25) is 0 Å². The lowest BCUT2D eigenvalue weighted by Crippen LogP contribution is -1.99. The van der Waals surface area contributed by atoms with Crippen molar-refractivity contribution in [3.8, 4) is 16.9 Å². The zero-order chi connectivity index (χ0) is 20.6. The Labute approximate surface area is 177 Å². The molecule has 160 valence electrons. The summed E-state index contributed by atoms with van der Waals surface area (Å²) in [6.45, 7) is 4.90. The summed E-state index contributed by atoms with van der Waals surface area (Å²) in [6.07, 6.45) is 12.6. The third kappa shape index (κ3) is 10.4. The molecule has 0 aliphatic rings. The fraction of sp³-hybridized carbons (Fsp3) is 0.538. The van der Waals surface area contributed by atoms with Gasteiger partial charge >= 0.3 is 0 Å². The molecule has 0 unspecified atom stereocenters. The van der Waals surface area contributed by atoms with E-state index in [0.29, 0.717) is 0 Å². The highest BCUT2D eigenvalue weighted by Crippen LogP contribution is 2.23. The first-order chi connectivity index (χ1) is 14.3. The van der Waals surface area contributed by atoms with Gasteiger partial charge in [0.05, 0.1) is 6.61 Å². The van der Waals surface area contributed by atoms with Crippen molar-refractivity contribution in [2.24, 2.45) is 0 Å². The Morgan fingerprint density at radius 1 is 0.586 bits per heavy atom.